The Bertz CT molecular complexity index is 1120. The highest BCUT2D eigenvalue weighted by Crippen LogP contribution is 2.26. The number of nitrogens with one attached hydrogen (secondary N) is 3. The predicted molar refractivity (Wildman–Crippen MR) is 162 cm³/mol. The van der Waals surface area contributed by atoms with Crippen LogP contribution in [-0.4, -0.2) is 84.6 Å². The van der Waals surface area contributed by atoms with E-state index in [2.05, 4.69) is 16.0 Å². The Morgan fingerprint density at radius 2 is 1.45 bits per heavy atom. The third-order valence-electron chi connectivity index (χ3n) is 6.64. The number of hydrogen-bond donors (Lipinski definition) is 3. The Hall–Kier alpha value is -4.03. The van der Waals surface area contributed by atoms with Gasteiger partial charge in [0.2, 0.25) is 5.91 Å². The molecule has 44 heavy (non-hydrogen) atoms. The first-order chi connectivity index (χ1) is 20.5. The van der Waals surface area contributed by atoms with Crippen LogP contribution in [0, 0.1) is 0 Å². The number of benzene rings is 1. The van der Waals surface area contributed by atoms with E-state index < -0.39 is 47.0 Å². The number of carbonyl (C=O) groups is 5. The van der Waals surface area contributed by atoms with Crippen LogP contribution in [-0.2, 0) is 35.1 Å². The average molecular weight is 621 g/mol. The van der Waals surface area contributed by atoms with Gasteiger partial charge in [0, 0.05) is 19.6 Å². The highest BCUT2D eigenvalue weighted by molar-refractivity contribution is 5.88. The normalized spacial score (nSPS) is 15.3. The van der Waals surface area contributed by atoms with Crippen molar-refractivity contribution in [3.63, 3.8) is 0 Å². The third kappa shape index (κ3) is 12.7. The van der Waals surface area contributed by atoms with Crippen molar-refractivity contribution in [1.29, 1.82) is 0 Å². The zero-order chi connectivity index (χ0) is 33.0. The van der Waals surface area contributed by atoms with Crippen molar-refractivity contribution in [3.8, 4) is 0 Å². The topological polar surface area (TPSA) is 162 Å². The molecule has 0 radical (unpaired) electrons. The maximum atomic E-state index is 13.6. The molecule has 0 aliphatic carbocycles. The van der Waals surface area contributed by atoms with E-state index in [0.29, 0.717) is 19.4 Å². The van der Waals surface area contributed by atoms with Crippen LogP contribution in [0.3, 0.4) is 0 Å². The van der Waals surface area contributed by atoms with Crippen molar-refractivity contribution in [3.05, 3.63) is 35.9 Å². The molecule has 3 N–H and O–H groups in total. The maximum Gasteiger partial charge on any atom is 0.408 e. The van der Waals surface area contributed by atoms with Crippen LogP contribution in [0.4, 0.5) is 14.4 Å². The summed E-state index contributed by atoms with van der Waals surface area (Å²) in [6, 6.07) is 8.24. The van der Waals surface area contributed by atoms with Crippen molar-refractivity contribution >= 4 is 30.2 Å². The van der Waals surface area contributed by atoms with E-state index in [0.717, 1.165) is 5.56 Å². The van der Waals surface area contributed by atoms with Crippen LogP contribution >= 0.6 is 0 Å². The molecule has 1 unspecified atom stereocenters. The number of methoxy groups -OCH3 is 1. The predicted octanol–water partition coefficient (Wildman–Crippen LogP) is 4.04. The van der Waals surface area contributed by atoms with E-state index in [1.165, 1.54) is 7.11 Å². The number of piperidine rings is 1. The van der Waals surface area contributed by atoms with Gasteiger partial charge in [-0.3, -0.25) is 4.79 Å². The first kappa shape index (κ1) is 36.2. The second-order valence-corrected chi connectivity index (χ2v) is 12.7. The maximum absolute atomic E-state index is 13.6. The summed E-state index contributed by atoms with van der Waals surface area (Å²) in [7, 11) is 1.23. The lowest BCUT2D eigenvalue weighted by atomic mass is 9.87. The van der Waals surface area contributed by atoms with Crippen molar-refractivity contribution in [2.24, 2.45) is 0 Å². The van der Waals surface area contributed by atoms with Crippen LogP contribution < -0.4 is 16.0 Å². The molecule has 1 aromatic rings. The van der Waals surface area contributed by atoms with Crippen LogP contribution in [0.5, 0.6) is 0 Å². The fourth-order valence-electron chi connectivity index (χ4n) is 4.55. The van der Waals surface area contributed by atoms with Gasteiger partial charge >= 0.3 is 24.2 Å². The Kier molecular flexibility index (Phi) is 13.3. The van der Waals surface area contributed by atoms with Crippen LogP contribution in [0.25, 0.3) is 0 Å². The number of esters is 1. The van der Waals surface area contributed by atoms with Gasteiger partial charge in [-0.05, 0) is 79.2 Å². The SMILES string of the molecule is COC(=O)C1(NC(=O)OC(C)(C)C)CCN(C(=O)C(CCCCNC(=O)OC(C)(C)C)NC(=O)OCc2ccccc2)CC1. The van der Waals surface area contributed by atoms with Crippen molar-refractivity contribution < 1.29 is 42.9 Å². The summed E-state index contributed by atoms with van der Waals surface area (Å²) < 4.78 is 20.9. The summed E-state index contributed by atoms with van der Waals surface area (Å²) in [6.45, 7) is 11.1. The number of rotatable bonds is 11. The minimum Gasteiger partial charge on any atom is -0.467 e. The smallest absolute Gasteiger partial charge is 0.408 e. The molecule has 1 atom stereocenters. The van der Waals surface area contributed by atoms with Gasteiger partial charge in [0.25, 0.3) is 0 Å². The first-order valence-electron chi connectivity index (χ1n) is 14.9. The van der Waals surface area contributed by atoms with E-state index in [-0.39, 0.29) is 44.9 Å². The van der Waals surface area contributed by atoms with Gasteiger partial charge in [0.15, 0.2) is 0 Å². The number of nitrogens with zero attached hydrogens (tertiary/aromatic N) is 1. The molecule has 0 aromatic heterocycles. The molecule has 1 aliphatic rings. The Morgan fingerprint density at radius 3 is 2.02 bits per heavy atom. The van der Waals surface area contributed by atoms with Gasteiger partial charge in [-0.1, -0.05) is 30.3 Å². The summed E-state index contributed by atoms with van der Waals surface area (Å²) in [5.74, 6) is -0.982. The number of hydrogen-bond acceptors (Lipinski definition) is 9. The summed E-state index contributed by atoms with van der Waals surface area (Å²) in [4.78, 5) is 65.1. The van der Waals surface area contributed by atoms with E-state index in [1.54, 1.807) is 46.4 Å². The molecule has 2 rings (SSSR count). The highest BCUT2D eigenvalue weighted by Gasteiger charge is 2.46. The fraction of sp³-hybridized carbons (Fsp3) is 0.645. The third-order valence-corrected chi connectivity index (χ3v) is 6.64. The van der Waals surface area contributed by atoms with E-state index in [1.807, 2.05) is 30.3 Å². The monoisotopic (exact) mass is 620 g/mol. The Morgan fingerprint density at radius 1 is 0.864 bits per heavy atom. The molecule has 246 valence electrons. The van der Waals surface area contributed by atoms with E-state index in [9.17, 15) is 24.0 Å². The molecule has 4 amide bonds. The molecule has 1 aromatic carbocycles. The molecular weight excluding hydrogens is 572 g/mol. The average Bonchev–Trinajstić information content (AvgIpc) is 2.93. The van der Waals surface area contributed by atoms with E-state index in [4.69, 9.17) is 18.9 Å². The van der Waals surface area contributed by atoms with Gasteiger partial charge < -0.3 is 39.8 Å². The van der Waals surface area contributed by atoms with Gasteiger partial charge in [0.05, 0.1) is 7.11 Å². The molecule has 0 saturated carbocycles. The molecule has 0 bridgehead atoms. The summed E-state index contributed by atoms with van der Waals surface area (Å²) in [6.07, 6.45) is -0.527. The minimum atomic E-state index is -1.36. The number of likely N-dealkylation sites (tertiary alicyclic amines) is 1. The van der Waals surface area contributed by atoms with Crippen LogP contribution in [0.1, 0.15) is 79.2 Å². The van der Waals surface area contributed by atoms with Crippen LogP contribution in [0.2, 0.25) is 0 Å². The molecule has 13 heteroatoms. The first-order valence-corrected chi connectivity index (χ1v) is 14.9. The second-order valence-electron chi connectivity index (χ2n) is 12.7. The van der Waals surface area contributed by atoms with Gasteiger partial charge in [-0.15, -0.1) is 0 Å². The number of carbonyl (C=O) groups excluding carboxylic acids is 5. The summed E-state index contributed by atoms with van der Waals surface area (Å²) >= 11 is 0. The largest absolute Gasteiger partial charge is 0.467 e. The molecule has 13 nitrogen and oxygen atoms in total. The van der Waals surface area contributed by atoms with Crippen molar-refractivity contribution in [2.45, 2.75) is 103 Å². The van der Waals surface area contributed by atoms with Crippen LogP contribution in [0.15, 0.2) is 30.3 Å². The quantitative estimate of drug-likeness (QED) is 0.188. The summed E-state index contributed by atoms with van der Waals surface area (Å²) in [5.41, 5.74) is -1.95. The minimum absolute atomic E-state index is 0.0368. The number of alkyl carbamates (subject to hydrolysis) is 3. The lowest BCUT2D eigenvalue weighted by Crippen LogP contribution is -2.62. The van der Waals surface area contributed by atoms with Crippen molar-refractivity contribution in [1.82, 2.24) is 20.9 Å². The zero-order valence-electron chi connectivity index (χ0n) is 26.9. The van der Waals surface area contributed by atoms with Crippen molar-refractivity contribution in [2.75, 3.05) is 26.7 Å². The fourth-order valence-corrected chi connectivity index (χ4v) is 4.55. The molecule has 1 aliphatic heterocycles. The molecular formula is C31H48N4O9. The zero-order valence-corrected chi connectivity index (χ0v) is 26.9. The molecule has 0 spiro atoms. The Labute approximate surface area is 259 Å². The standard InChI is InChI=1S/C31H48N4O9/c1-29(2,3)43-26(38)32-18-12-11-15-23(33-27(39)42-21-22-13-9-8-10-14-22)24(36)35-19-16-31(17-20-35,25(37)41-7)34-28(40)44-30(4,5)6/h8-10,13-14,23H,11-12,15-21H2,1-7H3,(H,32,38)(H,33,39)(H,34,40). The van der Waals surface area contributed by atoms with Gasteiger partial charge in [0.1, 0.15) is 29.4 Å². The molecule has 1 heterocycles. The molecule has 1 saturated heterocycles. The lowest BCUT2D eigenvalue weighted by molar-refractivity contribution is -0.153. The number of amides is 4. The van der Waals surface area contributed by atoms with Gasteiger partial charge in [-0.25, -0.2) is 19.2 Å². The lowest BCUT2D eigenvalue weighted by Gasteiger charge is -2.41. The number of unbranched alkanes of at least 4 members (excludes halogenated alkanes) is 1. The van der Waals surface area contributed by atoms with Gasteiger partial charge in [-0.2, -0.15) is 0 Å². The van der Waals surface area contributed by atoms with E-state index >= 15 is 0 Å². The summed E-state index contributed by atoms with van der Waals surface area (Å²) in [5, 5.41) is 8.02. The number of ether oxygens (including phenoxy) is 4. The second kappa shape index (κ2) is 16.2. The molecule has 1 fully saturated rings. The highest BCUT2D eigenvalue weighted by atomic mass is 16.6. The Balaban J connectivity index is 2.04.